The first-order chi connectivity index (χ1) is 7.11. The third-order valence-electron chi connectivity index (χ3n) is 2.41. The SMILES string of the molecule is Cc1ccccc1C(O)CCCC(=O)[O-]. The number of carbonyl (C=O) groups excluding carboxylic acids is 1. The number of benzene rings is 1. The van der Waals surface area contributed by atoms with Gasteiger partial charge in [0.1, 0.15) is 0 Å². The minimum atomic E-state index is -1.06. The van der Waals surface area contributed by atoms with Crippen molar-refractivity contribution in [3.8, 4) is 0 Å². The molecule has 0 aliphatic heterocycles. The number of carbonyl (C=O) groups is 1. The Balaban J connectivity index is 2.50. The summed E-state index contributed by atoms with van der Waals surface area (Å²) in [4.78, 5) is 10.2. The molecule has 0 spiro atoms. The quantitative estimate of drug-likeness (QED) is 0.782. The standard InChI is InChI=1S/C12H16O3/c1-9-5-2-3-6-10(9)11(13)7-4-8-12(14)15/h2-3,5-6,11,13H,4,7-8H2,1H3,(H,14,15)/p-1. The van der Waals surface area contributed by atoms with E-state index in [1.54, 1.807) is 0 Å². The molecule has 0 radical (unpaired) electrons. The van der Waals surface area contributed by atoms with Crippen LogP contribution in [-0.2, 0) is 4.79 Å². The van der Waals surface area contributed by atoms with Gasteiger partial charge in [-0.3, -0.25) is 0 Å². The minimum absolute atomic E-state index is 0.00292. The van der Waals surface area contributed by atoms with Gasteiger partial charge in [-0.15, -0.1) is 0 Å². The molecule has 1 N–H and O–H groups in total. The lowest BCUT2D eigenvalue weighted by molar-refractivity contribution is -0.305. The number of aliphatic hydroxyl groups is 1. The van der Waals surface area contributed by atoms with E-state index in [4.69, 9.17) is 0 Å². The van der Waals surface area contributed by atoms with Gasteiger partial charge in [0.15, 0.2) is 0 Å². The van der Waals surface area contributed by atoms with Gasteiger partial charge in [0.25, 0.3) is 0 Å². The monoisotopic (exact) mass is 207 g/mol. The van der Waals surface area contributed by atoms with Crippen molar-refractivity contribution in [1.29, 1.82) is 0 Å². The molecule has 0 amide bonds. The van der Waals surface area contributed by atoms with Crippen LogP contribution in [0.5, 0.6) is 0 Å². The van der Waals surface area contributed by atoms with Gasteiger partial charge >= 0.3 is 0 Å². The summed E-state index contributed by atoms with van der Waals surface area (Å²) in [7, 11) is 0. The van der Waals surface area contributed by atoms with Crippen molar-refractivity contribution >= 4 is 5.97 Å². The summed E-state index contributed by atoms with van der Waals surface area (Å²) in [5.41, 5.74) is 1.90. The van der Waals surface area contributed by atoms with E-state index in [9.17, 15) is 15.0 Å². The van der Waals surface area contributed by atoms with Gasteiger partial charge in [-0.2, -0.15) is 0 Å². The highest BCUT2D eigenvalue weighted by Gasteiger charge is 2.08. The van der Waals surface area contributed by atoms with Crippen molar-refractivity contribution in [3.63, 3.8) is 0 Å². The van der Waals surface area contributed by atoms with Crippen LogP contribution in [0, 0.1) is 6.92 Å². The zero-order valence-electron chi connectivity index (χ0n) is 8.77. The molecule has 3 heteroatoms. The van der Waals surface area contributed by atoms with Gasteiger partial charge in [0.2, 0.25) is 0 Å². The highest BCUT2D eigenvalue weighted by molar-refractivity contribution is 5.64. The molecule has 0 fully saturated rings. The van der Waals surface area contributed by atoms with E-state index in [0.29, 0.717) is 12.8 Å². The van der Waals surface area contributed by atoms with E-state index in [-0.39, 0.29) is 6.42 Å². The van der Waals surface area contributed by atoms with Crippen LogP contribution >= 0.6 is 0 Å². The van der Waals surface area contributed by atoms with Crippen molar-refractivity contribution in [3.05, 3.63) is 35.4 Å². The lowest BCUT2D eigenvalue weighted by Gasteiger charge is -2.13. The molecule has 15 heavy (non-hydrogen) atoms. The van der Waals surface area contributed by atoms with Crippen LogP contribution in [0.15, 0.2) is 24.3 Å². The predicted octanol–water partition coefficient (Wildman–Crippen LogP) is 0.949. The Bertz CT molecular complexity index is 333. The molecule has 1 atom stereocenters. The second-order valence-electron chi connectivity index (χ2n) is 3.64. The first-order valence-electron chi connectivity index (χ1n) is 5.04. The summed E-state index contributed by atoms with van der Waals surface area (Å²) in [6.07, 6.45) is 0.324. The Morgan fingerprint density at radius 3 is 2.73 bits per heavy atom. The number of carboxylic acid groups (broad SMARTS) is 1. The minimum Gasteiger partial charge on any atom is -0.550 e. The Labute approximate surface area is 89.4 Å². The molecule has 0 bridgehead atoms. The van der Waals surface area contributed by atoms with Crippen molar-refractivity contribution < 1.29 is 15.0 Å². The van der Waals surface area contributed by atoms with E-state index in [1.807, 2.05) is 31.2 Å². The summed E-state index contributed by atoms with van der Waals surface area (Å²) < 4.78 is 0. The maximum Gasteiger partial charge on any atom is 0.0792 e. The average Bonchev–Trinajstić information content (AvgIpc) is 2.17. The molecule has 0 saturated carbocycles. The summed E-state index contributed by atoms with van der Waals surface area (Å²) >= 11 is 0. The largest absolute Gasteiger partial charge is 0.550 e. The van der Waals surface area contributed by atoms with Crippen LogP contribution in [0.25, 0.3) is 0 Å². The van der Waals surface area contributed by atoms with E-state index in [0.717, 1.165) is 11.1 Å². The number of aliphatic hydroxyl groups excluding tert-OH is 1. The molecule has 1 aromatic carbocycles. The zero-order valence-corrected chi connectivity index (χ0v) is 8.77. The lowest BCUT2D eigenvalue weighted by Crippen LogP contribution is -2.21. The van der Waals surface area contributed by atoms with Crippen LogP contribution in [0.2, 0.25) is 0 Å². The fraction of sp³-hybridized carbons (Fsp3) is 0.417. The average molecular weight is 207 g/mol. The Hall–Kier alpha value is -1.35. The Morgan fingerprint density at radius 2 is 2.13 bits per heavy atom. The molecule has 1 aromatic rings. The van der Waals surface area contributed by atoms with Crippen molar-refractivity contribution in [2.45, 2.75) is 32.3 Å². The van der Waals surface area contributed by atoms with E-state index in [2.05, 4.69) is 0 Å². The summed E-state index contributed by atoms with van der Waals surface area (Å²) in [5, 5.41) is 20.0. The second-order valence-corrected chi connectivity index (χ2v) is 3.64. The molecule has 1 rings (SSSR count). The molecular formula is C12H15O3-. The van der Waals surface area contributed by atoms with Crippen molar-refractivity contribution in [1.82, 2.24) is 0 Å². The van der Waals surface area contributed by atoms with Gasteiger partial charge in [0, 0.05) is 5.97 Å². The number of aryl methyl sites for hydroxylation is 1. The Kier molecular flexibility index (Phi) is 4.31. The zero-order chi connectivity index (χ0) is 11.3. The summed E-state index contributed by atoms with van der Waals surface area (Å²) in [5.74, 6) is -1.06. The molecule has 0 aromatic heterocycles. The fourth-order valence-corrected chi connectivity index (χ4v) is 1.56. The molecule has 0 aliphatic carbocycles. The van der Waals surface area contributed by atoms with E-state index < -0.39 is 12.1 Å². The first-order valence-corrected chi connectivity index (χ1v) is 5.04. The van der Waals surface area contributed by atoms with Gasteiger partial charge in [-0.05, 0) is 37.3 Å². The highest BCUT2D eigenvalue weighted by atomic mass is 16.4. The maximum absolute atomic E-state index is 10.2. The summed E-state index contributed by atoms with van der Waals surface area (Å²) in [6, 6.07) is 7.56. The molecule has 0 aliphatic rings. The molecule has 3 nitrogen and oxygen atoms in total. The normalized spacial score (nSPS) is 12.4. The van der Waals surface area contributed by atoms with Gasteiger partial charge in [-0.25, -0.2) is 0 Å². The van der Waals surface area contributed by atoms with Crippen LogP contribution in [-0.4, -0.2) is 11.1 Å². The smallest absolute Gasteiger partial charge is 0.0792 e. The number of rotatable bonds is 5. The number of aliphatic carboxylic acids is 1. The molecule has 0 saturated heterocycles. The third-order valence-corrected chi connectivity index (χ3v) is 2.41. The highest BCUT2D eigenvalue weighted by Crippen LogP contribution is 2.21. The lowest BCUT2D eigenvalue weighted by atomic mass is 9.99. The van der Waals surface area contributed by atoms with E-state index in [1.165, 1.54) is 0 Å². The third kappa shape index (κ3) is 3.72. The number of hydrogen-bond acceptors (Lipinski definition) is 3. The van der Waals surface area contributed by atoms with Crippen molar-refractivity contribution in [2.24, 2.45) is 0 Å². The fourth-order valence-electron chi connectivity index (χ4n) is 1.56. The predicted molar refractivity (Wildman–Crippen MR) is 55.0 cm³/mol. The van der Waals surface area contributed by atoms with Crippen LogP contribution in [0.4, 0.5) is 0 Å². The van der Waals surface area contributed by atoms with Gasteiger partial charge < -0.3 is 15.0 Å². The summed E-state index contributed by atoms with van der Waals surface area (Å²) in [6.45, 7) is 1.93. The molecular weight excluding hydrogens is 192 g/mol. The second kappa shape index (κ2) is 5.51. The van der Waals surface area contributed by atoms with E-state index >= 15 is 0 Å². The number of hydrogen-bond donors (Lipinski definition) is 1. The maximum atomic E-state index is 10.2. The molecule has 82 valence electrons. The topological polar surface area (TPSA) is 60.4 Å². The molecule has 0 heterocycles. The van der Waals surface area contributed by atoms with Gasteiger partial charge in [0.05, 0.1) is 6.10 Å². The first kappa shape index (κ1) is 11.7. The number of carboxylic acids is 1. The van der Waals surface area contributed by atoms with Gasteiger partial charge in [-0.1, -0.05) is 24.3 Å². The molecule has 1 unspecified atom stereocenters. The van der Waals surface area contributed by atoms with Crippen LogP contribution in [0.3, 0.4) is 0 Å². The van der Waals surface area contributed by atoms with Crippen molar-refractivity contribution in [2.75, 3.05) is 0 Å². The van der Waals surface area contributed by atoms with Crippen LogP contribution < -0.4 is 5.11 Å². The Morgan fingerprint density at radius 1 is 1.47 bits per heavy atom. The van der Waals surface area contributed by atoms with Crippen LogP contribution in [0.1, 0.15) is 36.5 Å².